The van der Waals surface area contributed by atoms with E-state index in [9.17, 15) is 4.79 Å². The lowest BCUT2D eigenvalue weighted by Crippen LogP contribution is -2.51. The summed E-state index contributed by atoms with van der Waals surface area (Å²) in [4.78, 5) is 13.7. The number of carbonyl (C=O) groups excluding carboxylic acids is 1. The second-order valence-corrected chi connectivity index (χ2v) is 4.49. The second-order valence-electron chi connectivity index (χ2n) is 4.49. The fraction of sp³-hybridized carbons (Fsp3) is 0.900. The van der Waals surface area contributed by atoms with Gasteiger partial charge in [-0.25, -0.2) is 4.79 Å². The average Bonchev–Trinajstić information content (AvgIpc) is 2.74. The fourth-order valence-electron chi connectivity index (χ4n) is 2.02. The Morgan fingerprint density at radius 3 is 2.71 bits per heavy atom. The number of nitrogens with one attached hydrogen (secondary N) is 1. The first-order chi connectivity index (χ1) is 6.70. The van der Waals surface area contributed by atoms with Crippen molar-refractivity contribution < 1.29 is 9.53 Å². The van der Waals surface area contributed by atoms with Gasteiger partial charge in [-0.05, 0) is 26.2 Å². The molecule has 0 aromatic rings. The molecule has 4 heteroatoms. The van der Waals surface area contributed by atoms with Gasteiger partial charge in [-0.1, -0.05) is 0 Å². The number of amides is 2. The van der Waals surface area contributed by atoms with Crippen LogP contribution in [0.5, 0.6) is 0 Å². The van der Waals surface area contributed by atoms with Gasteiger partial charge in [0.15, 0.2) is 0 Å². The molecule has 14 heavy (non-hydrogen) atoms. The molecular formula is C10H18N2O2. The largest absolute Gasteiger partial charge is 0.379 e. The molecular weight excluding hydrogens is 180 g/mol. The molecule has 0 radical (unpaired) electrons. The zero-order valence-corrected chi connectivity index (χ0v) is 8.71. The molecule has 1 atom stereocenters. The Bertz CT molecular complexity index is 218. The van der Waals surface area contributed by atoms with E-state index in [-0.39, 0.29) is 11.6 Å². The van der Waals surface area contributed by atoms with Crippen molar-refractivity contribution in [2.45, 2.75) is 31.7 Å². The Morgan fingerprint density at radius 2 is 2.14 bits per heavy atom. The van der Waals surface area contributed by atoms with Crippen LogP contribution in [0, 0.1) is 0 Å². The zero-order chi connectivity index (χ0) is 10.0. The maximum Gasteiger partial charge on any atom is 0.317 e. The molecule has 2 aliphatic rings. The predicted octanol–water partition coefficient (Wildman–Crippen LogP) is 0.971. The van der Waals surface area contributed by atoms with Crippen molar-refractivity contribution in [3.05, 3.63) is 0 Å². The van der Waals surface area contributed by atoms with Crippen molar-refractivity contribution in [2.24, 2.45) is 0 Å². The minimum atomic E-state index is -0.139. The number of hydrogen-bond donors (Lipinski definition) is 1. The summed E-state index contributed by atoms with van der Waals surface area (Å²) in [6.07, 6.45) is 3.20. The lowest BCUT2D eigenvalue weighted by Gasteiger charge is -2.27. The average molecular weight is 198 g/mol. The number of nitrogens with zero attached hydrogens (tertiary/aromatic N) is 1. The minimum Gasteiger partial charge on any atom is -0.379 e. The second kappa shape index (κ2) is 3.77. The zero-order valence-electron chi connectivity index (χ0n) is 8.71. The van der Waals surface area contributed by atoms with Crippen molar-refractivity contribution in [2.75, 3.05) is 26.3 Å². The maximum atomic E-state index is 11.8. The highest BCUT2D eigenvalue weighted by Crippen LogP contribution is 2.18. The summed E-state index contributed by atoms with van der Waals surface area (Å²) in [6.45, 7) is 5.27. The molecule has 80 valence electrons. The number of rotatable bonds is 1. The van der Waals surface area contributed by atoms with Crippen LogP contribution in [0.4, 0.5) is 4.79 Å². The summed E-state index contributed by atoms with van der Waals surface area (Å²) < 4.78 is 5.29. The summed E-state index contributed by atoms with van der Waals surface area (Å²) in [5, 5.41) is 3.06. The van der Waals surface area contributed by atoms with Crippen molar-refractivity contribution in [3.8, 4) is 0 Å². The smallest absolute Gasteiger partial charge is 0.317 e. The van der Waals surface area contributed by atoms with E-state index in [0.29, 0.717) is 6.61 Å². The van der Waals surface area contributed by atoms with Gasteiger partial charge in [-0.2, -0.15) is 0 Å². The molecule has 0 saturated carbocycles. The van der Waals surface area contributed by atoms with Crippen LogP contribution >= 0.6 is 0 Å². The summed E-state index contributed by atoms with van der Waals surface area (Å²) in [5.74, 6) is 0. The van der Waals surface area contributed by atoms with E-state index in [1.165, 1.54) is 0 Å². The van der Waals surface area contributed by atoms with Crippen LogP contribution in [0.15, 0.2) is 0 Å². The third kappa shape index (κ3) is 2.00. The number of likely N-dealkylation sites (tertiary alicyclic amines) is 1. The fourth-order valence-corrected chi connectivity index (χ4v) is 2.02. The minimum absolute atomic E-state index is 0.0792. The topological polar surface area (TPSA) is 41.6 Å². The van der Waals surface area contributed by atoms with Crippen LogP contribution in [-0.4, -0.2) is 42.8 Å². The van der Waals surface area contributed by atoms with E-state index < -0.39 is 0 Å². The van der Waals surface area contributed by atoms with E-state index in [1.54, 1.807) is 0 Å². The number of ether oxygens (including phenoxy) is 1. The first-order valence-corrected chi connectivity index (χ1v) is 5.34. The molecule has 2 rings (SSSR count). The lowest BCUT2D eigenvalue weighted by molar-refractivity contribution is 0.162. The third-order valence-corrected chi connectivity index (χ3v) is 3.02. The Hall–Kier alpha value is -0.770. The number of urea groups is 1. The highest BCUT2D eigenvalue weighted by atomic mass is 16.5. The van der Waals surface area contributed by atoms with E-state index in [4.69, 9.17) is 4.74 Å². The molecule has 1 N–H and O–H groups in total. The van der Waals surface area contributed by atoms with E-state index in [1.807, 2.05) is 11.8 Å². The molecule has 0 aromatic heterocycles. The first-order valence-electron chi connectivity index (χ1n) is 5.34. The third-order valence-electron chi connectivity index (χ3n) is 3.02. The molecule has 1 unspecified atom stereocenters. The molecule has 0 aromatic carbocycles. The van der Waals surface area contributed by atoms with Crippen LogP contribution in [0.3, 0.4) is 0 Å². The van der Waals surface area contributed by atoms with E-state index >= 15 is 0 Å². The van der Waals surface area contributed by atoms with Crippen molar-refractivity contribution in [1.82, 2.24) is 10.2 Å². The molecule has 0 bridgehead atoms. The van der Waals surface area contributed by atoms with Gasteiger partial charge in [0.2, 0.25) is 0 Å². The van der Waals surface area contributed by atoms with Crippen LogP contribution < -0.4 is 5.32 Å². The van der Waals surface area contributed by atoms with Gasteiger partial charge in [-0.15, -0.1) is 0 Å². The summed E-state index contributed by atoms with van der Waals surface area (Å²) in [5.41, 5.74) is -0.139. The van der Waals surface area contributed by atoms with Crippen molar-refractivity contribution in [1.29, 1.82) is 0 Å². The van der Waals surface area contributed by atoms with Gasteiger partial charge in [0.05, 0.1) is 12.1 Å². The standard InChI is InChI=1S/C10H18N2O2/c1-10(4-7-14-8-10)11-9(13)12-5-2-3-6-12/h2-8H2,1H3,(H,11,13). The summed E-state index contributed by atoms with van der Waals surface area (Å²) in [6, 6.07) is 0.0792. The Morgan fingerprint density at radius 1 is 1.43 bits per heavy atom. The molecule has 2 fully saturated rings. The molecule has 2 aliphatic heterocycles. The maximum absolute atomic E-state index is 11.8. The number of hydrogen-bond acceptors (Lipinski definition) is 2. The highest BCUT2D eigenvalue weighted by molar-refractivity contribution is 5.75. The van der Waals surface area contributed by atoms with Gasteiger partial charge in [-0.3, -0.25) is 0 Å². The van der Waals surface area contributed by atoms with Gasteiger partial charge >= 0.3 is 6.03 Å². The summed E-state index contributed by atoms with van der Waals surface area (Å²) >= 11 is 0. The van der Waals surface area contributed by atoms with Crippen molar-refractivity contribution >= 4 is 6.03 Å². The normalized spacial score (nSPS) is 32.2. The SMILES string of the molecule is CC1(NC(=O)N2CCCC2)CCOC1. The van der Waals surface area contributed by atoms with Crippen LogP contribution in [0.25, 0.3) is 0 Å². The molecule has 2 saturated heterocycles. The molecule has 4 nitrogen and oxygen atoms in total. The first kappa shape index (κ1) is 9.77. The number of carbonyl (C=O) groups is 1. The monoisotopic (exact) mass is 198 g/mol. The van der Waals surface area contributed by atoms with Crippen molar-refractivity contribution in [3.63, 3.8) is 0 Å². The quantitative estimate of drug-likeness (QED) is 0.682. The molecule has 2 amide bonds. The predicted molar refractivity (Wildman–Crippen MR) is 53.2 cm³/mol. The van der Waals surface area contributed by atoms with E-state index in [2.05, 4.69) is 5.32 Å². The molecule has 0 spiro atoms. The Kier molecular flexibility index (Phi) is 2.63. The lowest BCUT2D eigenvalue weighted by atomic mass is 10.0. The van der Waals surface area contributed by atoms with Crippen LogP contribution in [0.1, 0.15) is 26.2 Å². The van der Waals surface area contributed by atoms with Gasteiger partial charge in [0.25, 0.3) is 0 Å². The van der Waals surface area contributed by atoms with Crippen LogP contribution in [-0.2, 0) is 4.74 Å². The van der Waals surface area contributed by atoms with Gasteiger partial charge in [0, 0.05) is 19.7 Å². The molecule has 2 heterocycles. The van der Waals surface area contributed by atoms with Crippen LogP contribution in [0.2, 0.25) is 0 Å². The Balaban J connectivity index is 1.86. The molecule has 0 aliphatic carbocycles. The highest BCUT2D eigenvalue weighted by Gasteiger charge is 2.33. The van der Waals surface area contributed by atoms with Gasteiger partial charge < -0.3 is 15.0 Å². The van der Waals surface area contributed by atoms with E-state index in [0.717, 1.165) is 39.0 Å². The van der Waals surface area contributed by atoms with Gasteiger partial charge in [0.1, 0.15) is 0 Å². The Labute approximate surface area is 84.6 Å². The summed E-state index contributed by atoms with van der Waals surface area (Å²) in [7, 11) is 0.